The molecule has 3 rings (SSSR count). The Bertz CT molecular complexity index is 794. The zero-order valence-electron chi connectivity index (χ0n) is 28.2. The molecule has 42 heavy (non-hydrogen) atoms. The first-order chi connectivity index (χ1) is 19.5. The third-order valence-electron chi connectivity index (χ3n) is 6.69. The molecule has 3 aliphatic heterocycles. The van der Waals surface area contributed by atoms with E-state index in [1.54, 1.807) is 0 Å². The number of fused-ring (bicyclic) bond motifs is 10. The van der Waals surface area contributed by atoms with Gasteiger partial charge in [-0.3, -0.25) is 0 Å². The number of hydrogen-bond acceptors (Lipinski definition) is 12. The van der Waals surface area contributed by atoms with Crippen LogP contribution < -0.4 is 0 Å². The van der Waals surface area contributed by atoms with Gasteiger partial charge in [-0.2, -0.15) is 0 Å². The van der Waals surface area contributed by atoms with Gasteiger partial charge in [0.15, 0.2) is 27.1 Å². The van der Waals surface area contributed by atoms with Crippen LogP contribution in [0.2, 0.25) is 81.6 Å². The predicted octanol–water partition coefficient (Wildman–Crippen LogP) is 4.13. The van der Waals surface area contributed by atoms with Gasteiger partial charge in [-0.25, -0.2) is 0 Å². The van der Waals surface area contributed by atoms with Crippen LogP contribution >= 0.6 is 0 Å². The van der Waals surface area contributed by atoms with Crippen LogP contribution in [0, 0.1) is 0 Å². The van der Waals surface area contributed by atoms with E-state index in [-0.39, 0.29) is 6.04 Å². The molecule has 3 aliphatic rings. The summed E-state index contributed by atoms with van der Waals surface area (Å²) < 4.78 is 76.2. The van der Waals surface area contributed by atoms with Crippen molar-refractivity contribution in [3.63, 3.8) is 0 Å². The molecule has 3 saturated heterocycles. The van der Waals surface area contributed by atoms with Crippen LogP contribution in [-0.2, 0) is 45.3 Å². The Morgan fingerprint density at radius 2 is 0.833 bits per heavy atom. The minimum atomic E-state index is -3.98. The Labute approximate surface area is 268 Å². The van der Waals surface area contributed by atoms with Crippen LogP contribution in [0.15, 0.2) is 0 Å². The Hall–Kier alpha value is 1.69. The minimum Gasteiger partial charge on any atom is -0.420 e. The minimum absolute atomic E-state index is 0.228. The molecule has 0 spiro atoms. The molecule has 0 aromatic heterocycles. The molecule has 0 aliphatic carbocycles. The molecule has 4 atom stereocenters. The molecule has 3 fully saturated rings. The maximum atomic E-state index is 12.2. The van der Waals surface area contributed by atoms with Crippen molar-refractivity contribution in [2.24, 2.45) is 0 Å². The van der Waals surface area contributed by atoms with Crippen molar-refractivity contribution in [2.45, 2.75) is 130 Å². The van der Waals surface area contributed by atoms with Crippen molar-refractivity contribution in [3.05, 3.63) is 0 Å². The van der Waals surface area contributed by atoms with Gasteiger partial charge >= 0.3 is 62.1 Å². The maximum absolute atomic E-state index is 12.2. The van der Waals surface area contributed by atoms with Crippen LogP contribution in [0.4, 0.5) is 0 Å². The summed E-state index contributed by atoms with van der Waals surface area (Å²) in [5.41, 5.74) is 0. The van der Waals surface area contributed by atoms with E-state index in [0.717, 1.165) is 0 Å². The third kappa shape index (κ3) is 10.1. The summed E-state index contributed by atoms with van der Waals surface area (Å²) in [6.45, 7) is 26.4. The highest BCUT2D eigenvalue weighted by atomic mass is 28.6. The molecule has 0 amide bonds. The standard InChI is InChI=1S/C20H58O12Si10/c1-14-36-25-38(16-3,22-33(8)9)29-41(19-6)27-37(21,15-2)28-42(20-7,30-39(17-4,26-36)23-34(10)11)32-40(18-5,31-41)24-35(12)13/h21,33-36H,14-20H2,1-13H3. The van der Waals surface area contributed by atoms with E-state index in [1.165, 1.54) is 0 Å². The highest BCUT2D eigenvalue weighted by Gasteiger charge is 2.70. The zero-order chi connectivity index (χ0) is 32.0. The van der Waals surface area contributed by atoms with Crippen LogP contribution in [0.3, 0.4) is 0 Å². The molecular formula is C20H58O12Si10. The van der Waals surface area contributed by atoms with Crippen LogP contribution in [0.25, 0.3) is 0 Å². The summed E-state index contributed by atoms with van der Waals surface area (Å²) in [6.07, 6.45) is 0. The summed E-state index contributed by atoms with van der Waals surface area (Å²) >= 11 is 0. The maximum Gasteiger partial charge on any atom is 0.483 e. The molecule has 12 nitrogen and oxygen atoms in total. The smallest absolute Gasteiger partial charge is 0.420 e. The summed E-state index contributed by atoms with van der Waals surface area (Å²) in [5.74, 6) is 0. The highest BCUT2D eigenvalue weighted by Crippen LogP contribution is 2.42. The molecule has 0 aromatic rings. The lowest BCUT2D eigenvalue weighted by molar-refractivity contribution is 0.0531. The monoisotopic (exact) mass is 770 g/mol. The molecule has 0 saturated carbocycles. The van der Waals surface area contributed by atoms with E-state index in [1.807, 2.05) is 41.5 Å². The molecule has 22 heteroatoms. The van der Waals surface area contributed by atoms with Gasteiger partial charge in [-0.05, 0) is 45.3 Å². The number of rotatable bonds is 13. The van der Waals surface area contributed by atoms with Gasteiger partial charge in [0.05, 0.1) is 0 Å². The molecule has 4 unspecified atom stereocenters. The Morgan fingerprint density at radius 3 is 1.10 bits per heavy atom. The molecule has 1 N–H and O–H groups in total. The molecule has 250 valence electrons. The van der Waals surface area contributed by atoms with E-state index in [0.29, 0.717) is 36.3 Å². The van der Waals surface area contributed by atoms with Gasteiger partial charge in [0, 0.05) is 36.3 Å². The Morgan fingerprint density at radius 1 is 0.500 bits per heavy atom. The molecule has 3 heterocycles. The van der Waals surface area contributed by atoms with Crippen molar-refractivity contribution < 1.29 is 50.1 Å². The highest BCUT2D eigenvalue weighted by molar-refractivity contribution is 6.95. The fourth-order valence-corrected chi connectivity index (χ4v) is 49.8. The second-order valence-electron chi connectivity index (χ2n) is 11.4. The van der Waals surface area contributed by atoms with E-state index in [9.17, 15) is 4.80 Å². The average molecular weight is 772 g/mol. The normalized spacial score (nSPS) is 40.4. The van der Waals surface area contributed by atoms with E-state index in [2.05, 4.69) is 46.2 Å². The SMILES string of the molecule is CC[SiH]1O[Si](CC)(O[SiH](C)C)O[Si]2(CC)O[Si](O)(CC)O[Si](CC)(O[Si](CC)(O[SiH](C)C)O1)O[Si](CC)(O[SiH](C)C)O2. The van der Waals surface area contributed by atoms with Crippen molar-refractivity contribution in [1.82, 2.24) is 0 Å². The fourth-order valence-electron chi connectivity index (χ4n) is 4.75. The quantitative estimate of drug-likeness (QED) is 0.271. The lowest BCUT2D eigenvalue weighted by Gasteiger charge is -2.53. The lowest BCUT2D eigenvalue weighted by Crippen LogP contribution is -2.77. The van der Waals surface area contributed by atoms with Crippen LogP contribution in [0.1, 0.15) is 48.5 Å². The zero-order valence-corrected chi connectivity index (χ0v) is 38.8. The van der Waals surface area contributed by atoms with E-state index in [4.69, 9.17) is 45.3 Å². The summed E-state index contributed by atoms with van der Waals surface area (Å²) in [6, 6.07) is 3.07. The summed E-state index contributed by atoms with van der Waals surface area (Å²) in [7, 11) is -29.6. The van der Waals surface area contributed by atoms with Gasteiger partial charge in [-0.1, -0.05) is 48.5 Å². The van der Waals surface area contributed by atoms with Crippen molar-refractivity contribution >= 4 is 89.2 Å². The lowest BCUT2D eigenvalue weighted by atomic mass is 11.0. The van der Waals surface area contributed by atoms with Crippen LogP contribution in [-0.4, -0.2) is 94.0 Å². The van der Waals surface area contributed by atoms with E-state index >= 15 is 0 Å². The van der Waals surface area contributed by atoms with Gasteiger partial charge in [0.25, 0.3) is 0 Å². The van der Waals surface area contributed by atoms with Crippen molar-refractivity contribution in [1.29, 1.82) is 0 Å². The first-order valence-electron chi connectivity index (χ1n) is 15.8. The first-order valence-corrected chi connectivity index (χ1v) is 37.5. The second-order valence-corrected chi connectivity index (χ2v) is 41.5. The van der Waals surface area contributed by atoms with E-state index < -0.39 is 89.2 Å². The molecule has 0 aromatic carbocycles. The number of hydrogen-bond donors (Lipinski definition) is 1. The van der Waals surface area contributed by atoms with Crippen molar-refractivity contribution in [3.8, 4) is 0 Å². The van der Waals surface area contributed by atoms with Crippen LogP contribution in [0.5, 0.6) is 0 Å². The molecule has 0 radical (unpaired) electrons. The fraction of sp³-hybridized carbons (Fsp3) is 1.00. The Kier molecular flexibility index (Phi) is 15.4. The largest absolute Gasteiger partial charge is 0.483 e. The third-order valence-corrected chi connectivity index (χ3v) is 42.5. The van der Waals surface area contributed by atoms with Gasteiger partial charge in [0.1, 0.15) is 0 Å². The van der Waals surface area contributed by atoms with Crippen molar-refractivity contribution in [2.75, 3.05) is 0 Å². The van der Waals surface area contributed by atoms with Gasteiger partial charge < -0.3 is 50.1 Å². The predicted molar refractivity (Wildman–Crippen MR) is 186 cm³/mol. The van der Waals surface area contributed by atoms with Gasteiger partial charge in [0.2, 0.25) is 0 Å². The summed E-state index contributed by atoms with van der Waals surface area (Å²) in [5, 5.41) is 0. The molecular weight excluding hydrogens is 713 g/mol. The first kappa shape index (κ1) is 39.9. The van der Waals surface area contributed by atoms with Gasteiger partial charge in [-0.15, -0.1) is 0 Å². The molecule has 2 bridgehead atoms. The topological polar surface area (TPSA) is 122 Å². The Balaban J connectivity index is 3.02. The second kappa shape index (κ2) is 16.2. The average Bonchev–Trinajstić information content (AvgIpc) is 2.89. The summed E-state index contributed by atoms with van der Waals surface area (Å²) in [4.78, 5) is 12.2.